The van der Waals surface area contributed by atoms with E-state index in [9.17, 15) is 13.5 Å². The van der Waals surface area contributed by atoms with Crippen LogP contribution in [0.15, 0.2) is 18.3 Å². The molecule has 1 aliphatic rings. The summed E-state index contributed by atoms with van der Waals surface area (Å²) in [6.07, 6.45) is 2.72. The third-order valence-electron chi connectivity index (χ3n) is 3.26. The molecular weight excluding hydrogens is 238 g/mol. The van der Waals surface area contributed by atoms with E-state index in [0.29, 0.717) is 18.4 Å². The van der Waals surface area contributed by atoms with Crippen molar-refractivity contribution in [3.05, 3.63) is 29.6 Å². The van der Waals surface area contributed by atoms with E-state index in [1.54, 1.807) is 18.3 Å². The highest BCUT2D eigenvalue weighted by Crippen LogP contribution is 2.30. The number of aromatic nitrogens is 1. The highest BCUT2D eigenvalue weighted by atomic mass is 32.2. The molecular formula is C12H17NO3S. The Bertz CT molecular complexity index is 481. The zero-order valence-electron chi connectivity index (χ0n) is 9.83. The number of aliphatic hydroxyl groups is 1. The lowest BCUT2D eigenvalue weighted by Crippen LogP contribution is -2.33. The van der Waals surface area contributed by atoms with Gasteiger partial charge in [-0.2, -0.15) is 0 Å². The Labute approximate surface area is 102 Å². The lowest BCUT2D eigenvalue weighted by Gasteiger charge is -2.26. The van der Waals surface area contributed by atoms with Gasteiger partial charge < -0.3 is 5.11 Å². The van der Waals surface area contributed by atoms with Crippen LogP contribution < -0.4 is 0 Å². The SMILES string of the molecule is Cc1ccc(C(O)C2CCCCS2(=O)=O)cn1. The number of hydrogen-bond acceptors (Lipinski definition) is 4. The van der Waals surface area contributed by atoms with Crippen molar-refractivity contribution < 1.29 is 13.5 Å². The molecule has 1 aromatic rings. The van der Waals surface area contributed by atoms with Crippen molar-refractivity contribution in [3.63, 3.8) is 0 Å². The molecule has 2 unspecified atom stereocenters. The van der Waals surface area contributed by atoms with E-state index in [-0.39, 0.29) is 5.75 Å². The van der Waals surface area contributed by atoms with Crippen LogP contribution in [0.3, 0.4) is 0 Å². The Morgan fingerprint density at radius 2 is 2.18 bits per heavy atom. The fraction of sp³-hybridized carbons (Fsp3) is 0.583. The molecule has 17 heavy (non-hydrogen) atoms. The van der Waals surface area contributed by atoms with Crippen LogP contribution in [0.4, 0.5) is 0 Å². The second-order valence-electron chi connectivity index (χ2n) is 4.58. The van der Waals surface area contributed by atoms with E-state index in [1.165, 1.54) is 0 Å². The van der Waals surface area contributed by atoms with Crippen LogP contribution in [0.25, 0.3) is 0 Å². The van der Waals surface area contributed by atoms with Gasteiger partial charge in [-0.15, -0.1) is 0 Å². The topological polar surface area (TPSA) is 67.3 Å². The number of sulfone groups is 1. The third-order valence-corrected chi connectivity index (χ3v) is 5.53. The average Bonchev–Trinajstić information content (AvgIpc) is 2.28. The van der Waals surface area contributed by atoms with Crippen molar-refractivity contribution in [1.82, 2.24) is 4.98 Å². The lowest BCUT2D eigenvalue weighted by molar-refractivity contribution is 0.164. The first-order chi connectivity index (χ1) is 8.00. The van der Waals surface area contributed by atoms with Gasteiger partial charge in [-0.05, 0) is 25.8 Å². The van der Waals surface area contributed by atoms with Crippen molar-refractivity contribution in [2.45, 2.75) is 37.5 Å². The molecule has 1 N–H and O–H groups in total. The van der Waals surface area contributed by atoms with E-state index in [4.69, 9.17) is 0 Å². The molecule has 94 valence electrons. The summed E-state index contributed by atoms with van der Waals surface area (Å²) in [6, 6.07) is 3.53. The molecule has 4 nitrogen and oxygen atoms in total. The van der Waals surface area contributed by atoms with Crippen molar-refractivity contribution in [2.75, 3.05) is 5.75 Å². The van der Waals surface area contributed by atoms with Gasteiger partial charge in [0.1, 0.15) is 0 Å². The lowest BCUT2D eigenvalue weighted by atomic mass is 10.0. The van der Waals surface area contributed by atoms with Crippen LogP contribution in [0, 0.1) is 6.92 Å². The van der Waals surface area contributed by atoms with Crippen molar-refractivity contribution in [2.24, 2.45) is 0 Å². The molecule has 0 radical (unpaired) electrons. The Hall–Kier alpha value is -0.940. The van der Waals surface area contributed by atoms with Gasteiger partial charge in [0.2, 0.25) is 0 Å². The molecule has 2 atom stereocenters. The highest BCUT2D eigenvalue weighted by Gasteiger charge is 2.35. The summed E-state index contributed by atoms with van der Waals surface area (Å²) in [5.41, 5.74) is 1.44. The molecule has 1 aliphatic heterocycles. The Kier molecular flexibility index (Phi) is 3.49. The number of hydrogen-bond donors (Lipinski definition) is 1. The maximum atomic E-state index is 11.9. The van der Waals surface area contributed by atoms with E-state index < -0.39 is 21.2 Å². The first-order valence-corrected chi connectivity index (χ1v) is 7.54. The van der Waals surface area contributed by atoms with Gasteiger partial charge >= 0.3 is 0 Å². The van der Waals surface area contributed by atoms with Crippen LogP contribution in [-0.4, -0.2) is 29.5 Å². The van der Waals surface area contributed by atoms with E-state index in [0.717, 1.165) is 12.1 Å². The summed E-state index contributed by atoms with van der Waals surface area (Å²) >= 11 is 0. The molecule has 2 rings (SSSR count). The average molecular weight is 255 g/mol. The molecule has 0 aromatic carbocycles. The van der Waals surface area contributed by atoms with Crippen LogP contribution in [0.1, 0.15) is 36.6 Å². The second kappa shape index (κ2) is 4.74. The summed E-state index contributed by atoms with van der Waals surface area (Å²) in [5, 5.41) is 9.49. The predicted molar refractivity (Wildman–Crippen MR) is 65.4 cm³/mol. The largest absolute Gasteiger partial charge is 0.387 e. The van der Waals surface area contributed by atoms with Gasteiger partial charge in [0.05, 0.1) is 17.1 Å². The first kappa shape index (κ1) is 12.5. The zero-order valence-corrected chi connectivity index (χ0v) is 10.7. The smallest absolute Gasteiger partial charge is 0.156 e. The van der Waals surface area contributed by atoms with Gasteiger partial charge in [-0.1, -0.05) is 12.5 Å². The van der Waals surface area contributed by atoms with Gasteiger partial charge in [0, 0.05) is 17.5 Å². The third kappa shape index (κ3) is 2.66. The van der Waals surface area contributed by atoms with Gasteiger partial charge in [-0.25, -0.2) is 8.42 Å². The number of aryl methyl sites for hydroxylation is 1. The molecule has 1 fully saturated rings. The Balaban J connectivity index is 2.24. The standard InChI is InChI=1S/C12H17NO3S/c1-9-5-6-10(8-13-9)12(14)11-4-2-3-7-17(11,15)16/h5-6,8,11-12,14H,2-4,7H2,1H3. The minimum atomic E-state index is -3.16. The van der Waals surface area contributed by atoms with E-state index >= 15 is 0 Å². The molecule has 0 aliphatic carbocycles. The maximum absolute atomic E-state index is 11.9. The fourth-order valence-electron chi connectivity index (χ4n) is 2.20. The number of rotatable bonds is 2. The summed E-state index contributed by atoms with van der Waals surface area (Å²) < 4.78 is 23.8. The number of pyridine rings is 1. The van der Waals surface area contributed by atoms with Gasteiger partial charge in [0.15, 0.2) is 9.84 Å². The molecule has 0 spiro atoms. The molecule has 0 bridgehead atoms. The molecule has 0 amide bonds. The van der Waals surface area contributed by atoms with Crippen LogP contribution in [-0.2, 0) is 9.84 Å². The monoisotopic (exact) mass is 255 g/mol. The molecule has 1 saturated heterocycles. The summed E-state index contributed by atoms with van der Waals surface area (Å²) in [4.78, 5) is 4.09. The molecule has 2 heterocycles. The quantitative estimate of drug-likeness (QED) is 0.867. The first-order valence-electron chi connectivity index (χ1n) is 5.83. The summed E-state index contributed by atoms with van der Waals surface area (Å²) in [5.74, 6) is 0.189. The highest BCUT2D eigenvalue weighted by molar-refractivity contribution is 7.92. The molecule has 5 heteroatoms. The van der Waals surface area contributed by atoms with Gasteiger partial charge in [0.25, 0.3) is 0 Å². The van der Waals surface area contributed by atoms with Gasteiger partial charge in [-0.3, -0.25) is 4.98 Å². The number of aliphatic hydroxyl groups excluding tert-OH is 1. The van der Waals surface area contributed by atoms with E-state index in [1.807, 2.05) is 6.92 Å². The van der Waals surface area contributed by atoms with Crippen molar-refractivity contribution >= 4 is 9.84 Å². The minimum absolute atomic E-state index is 0.189. The fourth-order valence-corrected chi connectivity index (χ4v) is 4.19. The second-order valence-corrected chi connectivity index (χ2v) is 6.92. The molecule has 0 saturated carbocycles. The summed E-state index contributed by atoms with van der Waals surface area (Å²) in [7, 11) is -3.16. The van der Waals surface area contributed by atoms with Crippen LogP contribution >= 0.6 is 0 Å². The minimum Gasteiger partial charge on any atom is -0.387 e. The Morgan fingerprint density at radius 3 is 2.76 bits per heavy atom. The maximum Gasteiger partial charge on any atom is 0.156 e. The van der Waals surface area contributed by atoms with Crippen LogP contribution in [0.5, 0.6) is 0 Å². The summed E-state index contributed by atoms with van der Waals surface area (Å²) in [6.45, 7) is 1.85. The van der Waals surface area contributed by atoms with Crippen molar-refractivity contribution in [3.8, 4) is 0 Å². The number of nitrogens with zero attached hydrogens (tertiary/aromatic N) is 1. The normalized spacial score (nSPS) is 25.4. The predicted octanol–water partition coefficient (Wildman–Crippen LogP) is 1.39. The van der Waals surface area contributed by atoms with Crippen LogP contribution in [0.2, 0.25) is 0 Å². The van der Waals surface area contributed by atoms with Crippen molar-refractivity contribution in [1.29, 1.82) is 0 Å². The zero-order chi connectivity index (χ0) is 12.5. The molecule has 1 aromatic heterocycles. The van der Waals surface area contributed by atoms with E-state index in [2.05, 4.69) is 4.98 Å². The Morgan fingerprint density at radius 1 is 1.41 bits per heavy atom.